The van der Waals surface area contributed by atoms with Crippen molar-refractivity contribution < 1.29 is 4.79 Å². The lowest BCUT2D eigenvalue weighted by Gasteiger charge is -2.10. The summed E-state index contributed by atoms with van der Waals surface area (Å²) < 4.78 is 1.76. The summed E-state index contributed by atoms with van der Waals surface area (Å²) in [5.74, 6) is -0.312. The summed E-state index contributed by atoms with van der Waals surface area (Å²) in [5.41, 5.74) is 6.85. The Bertz CT molecular complexity index is 729. The van der Waals surface area contributed by atoms with Crippen LogP contribution in [-0.4, -0.2) is 16.5 Å². The number of nitrogens with zero attached hydrogens (tertiary/aromatic N) is 1. The van der Waals surface area contributed by atoms with Crippen molar-refractivity contribution >= 4 is 22.5 Å². The van der Waals surface area contributed by atoms with Crippen molar-refractivity contribution in [2.45, 2.75) is 18.9 Å². The molecule has 0 atom stereocenters. The highest BCUT2D eigenvalue weighted by Crippen LogP contribution is 2.20. The van der Waals surface area contributed by atoms with Crippen LogP contribution in [0.25, 0.3) is 10.9 Å². The van der Waals surface area contributed by atoms with Gasteiger partial charge in [0.05, 0.1) is 10.9 Å². The van der Waals surface area contributed by atoms with Crippen LogP contribution in [0.3, 0.4) is 0 Å². The van der Waals surface area contributed by atoms with Crippen molar-refractivity contribution in [3.63, 3.8) is 0 Å². The highest BCUT2D eigenvalue weighted by molar-refractivity contribution is 6.00. The van der Waals surface area contributed by atoms with E-state index in [-0.39, 0.29) is 22.9 Å². The third-order valence-electron chi connectivity index (χ3n) is 3.41. The van der Waals surface area contributed by atoms with Crippen LogP contribution in [0.1, 0.15) is 23.2 Å². The van der Waals surface area contributed by atoms with E-state index in [0.29, 0.717) is 11.1 Å². The first-order valence-corrected chi connectivity index (χ1v) is 6.26. The molecule has 0 saturated heterocycles. The van der Waals surface area contributed by atoms with Gasteiger partial charge in [-0.2, -0.15) is 0 Å². The zero-order valence-electron chi connectivity index (χ0n) is 10.6. The molecule has 1 saturated carbocycles. The minimum absolute atomic E-state index is 0.153. The summed E-state index contributed by atoms with van der Waals surface area (Å²) >= 11 is 0. The molecule has 3 N–H and O–H groups in total. The summed E-state index contributed by atoms with van der Waals surface area (Å²) in [4.78, 5) is 24.4. The normalized spacial score (nSPS) is 14.6. The van der Waals surface area contributed by atoms with Gasteiger partial charge in [-0.15, -0.1) is 0 Å². The number of nitrogens with one attached hydrogen (secondary N) is 1. The van der Waals surface area contributed by atoms with Gasteiger partial charge in [0.1, 0.15) is 5.56 Å². The Labute approximate surface area is 110 Å². The lowest BCUT2D eigenvalue weighted by Crippen LogP contribution is -2.31. The molecule has 1 fully saturated rings. The maximum absolute atomic E-state index is 12.4. The largest absolute Gasteiger partial charge is 0.398 e. The van der Waals surface area contributed by atoms with E-state index in [1.165, 1.54) is 0 Å². The molecule has 98 valence electrons. The van der Waals surface area contributed by atoms with Crippen LogP contribution in [0.2, 0.25) is 0 Å². The first kappa shape index (κ1) is 11.8. The number of carbonyl (C=O) groups is 1. The van der Waals surface area contributed by atoms with Crippen LogP contribution in [0.4, 0.5) is 5.69 Å². The average molecular weight is 257 g/mol. The van der Waals surface area contributed by atoms with E-state index < -0.39 is 0 Å². The van der Waals surface area contributed by atoms with Crippen LogP contribution in [0, 0.1) is 0 Å². The molecule has 2 aromatic rings. The number of nitrogen functional groups attached to an aromatic ring is 1. The Morgan fingerprint density at radius 3 is 2.84 bits per heavy atom. The van der Waals surface area contributed by atoms with E-state index in [0.717, 1.165) is 18.4 Å². The van der Waals surface area contributed by atoms with Gasteiger partial charge < -0.3 is 15.6 Å². The van der Waals surface area contributed by atoms with Gasteiger partial charge in [-0.1, -0.05) is 6.07 Å². The molecule has 1 heterocycles. The topological polar surface area (TPSA) is 77.1 Å². The number of anilines is 1. The maximum Gasteiger partial charge on any atom is 0.256 e. The maximum atomic E-state index is 12.4. The first-order chi connectivity index (χ1) is 9.08. The smallest absolute Gasteiger partial charge is 0.256 e. The summed E-state index contributed by atoms with van der Waals surface area (Å²) in [6.45, 7) is 0. The molecule has 1 amide bonds. The van der Waals surface area contributed by atoms with Crippen molar-refractivity contribution in [2.75, 3.05) is 5.73 Å². The molecule has 1 aliphatic carbocycles. The SMILES string of the molecule is Cn1cc(C(=O)NC2CC2)c(=O)c2c(N)cccc21. The molecule has 0 spiro atoms. The quantitative estimate of drug-likeness (QED) is 0.788. The van der Waals surface area contributed by atoms with Crippen molar-refractivity contribution in [2.24, 2.45) is 7.05 Å². The van der Waals surface area contributed by atoms with Crippen LogP contribution in [-0.2, 0) is 7.05 Å². The highest BCUT2D eigenvalue weighted by Gasteiger charge is 2.25. The molecular formula is C14H15N3O2. The Morgan fingerprint density at radius 1 is 1.42 bits per heavy atom. The monoisotopic (exact) mass is 257 g/mol. The van der Waals surface area contributed by atoms with E-state index in [9.17, 15) is 9.59 Å². The molecule has 1 aromatic carbocycles. The number of benzene rings is 1. The van der Waals surface area contributed by atoms with Gasteiger partial charge in [0, 0.05) is 25.0 Å². The second-order valence-electron chi connectivity index (χ2n) is 4.97. The Morgan fingerprint density at radius 2 is 2.16 bits per heavy atom. The number of nitrogens with two attached hydrogens (primary N) is 1. The van der Waals surface area contributed by atoms with Gasteiger partial charge in [-0.25, -0.2) is 0 Å². The van der Waals surface area contributed by atoms with E-state index >= 15 is 0 Å². The number of fused-ring (bicyclic) bond motifs is 1. The van der Waals surface area contributed by atoms with Gasteiger partial charge >= 0.3 is 0 Å². The van der Waals surface area contributed by atoms with Crippen molar-refractivity contribution in [1.82, 2.24) is 9.88 Å². The Hall–Kier alpha value is -2.30. The van der Waals surface area contributed by atoms with E-state index in [2.05, 4.69) is 5.32 Å². The fourth-order valence-corrected chi connectivity index (χ4v) is 2.21. The first-order valence-electron chi connectivity index (χ1n) is 6.26. The van der Waals surface area contributed by atoms with Gasteiger partial charge in [0.15, 0.2) is 0 Å². The second-order valence-corrected chi connectivity index (χ2v) is 4.97. The zero-order chi connectivity index (χ0) is 13.6. The molecule has 19 heavy (non-hydrogen) atoms. The van der Waals surface area contributed by atoms with Crippen LogP contribution in [0.15, 0.2) is 29.2 Å². The standard InChI is InChI=1S/C14H15N3O2/c1-17-7-9(14(19)16-8-5-6-8)13(18)12-10(15)3-2-4-11(12)17/h2-4,7-8H,5-6,15H2,1H3,(H,16,19). The fraction of sp³-hybridized carbons (Fsp3) is 0.286. The number of aromatic nitrogens is 1. The number of hydrogen-bond acceptors (Lipinski definition) is 3. The lowest BCUT2D eigenvalue weighted by molar-refractivity contribution is 0.0949. The van der Waals surface area contributed by atoms with Crippen LogP contribution >= 0.6 is 0 Å². The average Bonchev–Trinajstić information content (AvgIpc) is 3.17. The predicted molar refractivity (Wildman–Crippen MR) is 74.1 cm³/mol. The Balaban J connectivity index is 2.20. The number of amides is 1. The minimum Gasteiger partial charge on any atom is -0.398 e. The van der Waals surface area contributed by atoms with Crippen molar-refractivity contribution in [1.29, 1.82) is 0 Å². The molecular weight excluding hydrogens is 242 g/mol. The fourth-order valence-electron chi connectivity index (χ4n) is 2.21. The molecule has 3 rings (SSSR count). The summed E-state index contributed by atoms with van der Waals surface area (Å²) in [6.07, 6.45) is 3.55. The van der Waals surface area contributed by atoms with Crippen LogP contribution in [0.5, 0.6) is 0 Å². The summed E-state index contributed by atoms with van der Waals surface area (Å²) in [6, 6.07) is 5.50. The third kappa shape index (κ3) is 1.97. The highest BCUT2D eigenvalue weighted by atomic mass is 16.2. The number of carbonyl (C=O) groups excluding carboxylic acids is 1. The second kappa shape index (κ2) is 4.12. The zero-order valence-corrected chi connectivity index (χ0v) is 10.6. The predicted octanol–water partition coefficient (Wildman–Crippen LogP) is 1.01. The molecule has 0 aliphatic heterocycles. The molecule has 0 unspecified atom stereocenters. The van der Waals surface area contributed by atoms with Crippen LogP contribution < -0.4 is 16.5 Å². The summed E-state index contributed by atoms with van der Waals surface area (Å²) in [7, 11) is 1.80. The number of hydrogen-bond donors (Lipinski definition) is 2. The molecule has 0 bridgehead atoms. The van der Waals surface area contributed by atoms with Crippen molar-refractivity contribution in [3.05, 3.63) is 40.2 Å². The van der Waals surface area contributed by atoms with Gasteiger partial charge in [0.25, 0.3) is 5.91 Å². The Kier molecular flexibility index (Phi) is 2.55. The molecule has 5 nitrogen and oxygen atoms in total. The van der Waals surface area contributed by atoms with Gasteiger partial charge in [-0.3, -0.25) is 9.59 Å². The number of aryl methyl sites for hydroxylation is 1. The molecule has 1 aliphatic rings. The number of pyridine rings is 1. The molecule has 1 aromatic heterocycles. The van der Waals surface area contributed by atoms with Gasteiger partial charge in [0.2, 0.25) is 5.43 Å². The third-order valence-corrected chi connectivity index (χ3v) is 3.41. The minimum atomic E-state index is -0.312. The van der Waals surface area contributed by atoms with E-state index in [4.69, 9.17) is 5.73 Å². The van der Waals surface area contributed by atoms with Gasteiger partial charge in [-0.05, 0) is 25.0 Å². The number of rotatable bonds is 2. The summed E-state index contributed by atoms with van der Waals surface area (Å²) in [5, 5.41) is 3.24. The van der Waals surface area contributed by atoms with Crippen molar-refractivity contribution in [3.8, 4) is 0 Å². The molecule has 0 radical (unpaired) electrons. The van der Waals surface area contributed by atoms with E-state index in [1.807, 2.05) is 6.07 Å². The molecule has 5 heteroatoms. The lowest BCUT2D eigenvalue weighted by atomic mass is 10.1. The van der Waals surface area contributed by atoms with E-state index in [1.54, 1.807) is 29.9 Å².